The molecule has 0 saturated heterocycles. The third-order valence-electron chi connectivity index (χ3n) is 7.57. The third-order valence-corrected chi connectivity index (χ3v) is 7.57. The van der Waals surface area contributed by atoms with Crippen molar-refractivity contribution in [1.82, 2.24) is 4.98 Å². The van der Waals surface area contributed by atoms with Crippen molar-refractivity contribution < 1.29 is 4.42 Å². The monoisotopic (exact) mass is 426 g/mol. The van der Waals surface area contributed by atoms with Gasteiger partial charge in [-0.1, -0.05) is 62.8 Å². The van der Waals surface area contributed by atoms with Gasteiger partial charge in [-0.2, -0.15) is 0 Å². The molecule has 0 radical (unpaired) electrons. The van der Waals surface area contributed by atoms with Crippen LogP contribution < -0.4 is 10.3 Å². The maximum absolute atomic E-state index is 12.6. The second-order valence-corrected chi connectivity index (χ2v) is 9.62. The summed E-state index contributed by atoms with van der Waals surface area (Å²) in [6, 6.07) is 17.0. The summed E-state index contributed by atoms with van der Waals surface area (Å²) in [5.74, 6) is 0.570. The number of hydrogen-bond donors (Lipinski definition) is 0. The molecular formula is C28H30N2O2. The minimum Gasteiger partial charge on any atom is -0.453 e. The summed E-state index contributed by atoms with van der Waals surface area (Å²) in [6.07, 6.45) is 13.2. The molecule has 4 heteroatoms. The molecule has 32 heavy (non-hydrogen) atoms. The summed E-state index contributed by atoms with van der Waals surface area (Å²) < 4.78 is 6.31. The zero-order valence-corrected chi connectivity index (χ0v) is 18.6. The quantitative estimate of drug-likeness (QED) is 0.263. The van der Waals surface area contributed by atoms with Crippen LogP contribution >= 0.6 is 0 Å². The van der Waals surface area contributed by atoms with E-state index in [4.69, 9.17) is 9.40 Å². The van der Waals surface area contributed by atoms with Crippen molar-refractivity contribution in [3.8, 4) is 11.5 Å². The lowest BCUT2D eigenvalue weighted by Gasteiger charge is -2.43. The van der Waals surface area contributed by atoms with Crippen molar-refractivity contribution in [2.45, 2.75) is 76.3 Å². The number of aromatic nitrogens is 1. The topological polar surface area (TPSA) is 46.3 Å². The highest BCUT2D eigenvalue weighted by molar-refractivity contribution is 5.96. The van der Waals surface area contributed by atoms with Gasteiger partial charge < -0.3 is 9.32 Å². The zero-order chi connectivity index (χ0) is 21.5. The first-order chi connectivity index (χ1) is 15.8. The Morgan fingerprint density at radius 2 is 1.44 bits per heavy atom. The van der Waals surface area contributed by atoms with Gasteiger partial charge >= 0.3 is 0 Å². The standard InChI is InChI=1S/C28H30N2O2/c31-25-18-27-28(23-14-8-7-13-22(23)25)29-24-16-15-21(17-26(24)32-27)30(19-9-3-1-4-10-19)20-11-5-2-6-12-20/h7-8,13-20H,1-6,9-12H2. The second-order valence-electron chi connectivity index (χ2n) is 9.62. The lowest BCUT2D eigenvalue weighted by Crippen LogP contribution is -2.45. The van der Waals surface area contributed by atoms with Gasteiger partial charge in [-0.05, 0) is 37.8 Å². The fraction of sp³-hybridized carbons (Fsp3) is 0.429. The molecule has 1 heterocycles. The van der Waals surface area contributed by atoms with E-state index in [2.05, 4.69) is 23.1 Å². The lowest BCUT2D eigenvalue weighted by molar-refractivity contribution is 0.340. The van der Waals surface area contributed by atoms with Gasteiger partial charge in [-0.15, -0.1) is 0 Å². The molecule has 0 N–H and O–H groups in total. The smallest absolute Gasteiger partial charge is 0.190 e. The molecule has 2 fully saturated rings. The Morgan fingerprint density at radius 1 is 0.781 bits per heavy atom. The lowest BCUT2D eigenvalue weighted by atomic mass is 9.88. The number of fused-ring (bicyclic) bond motifs is 4. The molecule has 6 rings (SSSR count). The molecule has 2 aromatic rings. The summed E-state index contributed by atoms with van der Waals surface area (Å²) >= 11 is 0. The van der Waals surface area contributed by atoms with Gasteiger partial charge in [0, 0.05) is 40.7 Å². The number of anilines is 1. The average molecular weight is 427 g/mol. The molecule has 0 atom stereocenters. The Kier molecular flexibility index (Phi) is 5.09. The SMILES string of the molecule is O=c1cc2oc3cc(N(C4CCCCC4)C4CCCCC4)ccc3nc-2c2ccccc12. The zero-order valence-electron chi connectivity index (χ0n) is 18.6. The molecule has 0 spiro atoms. The van der Waals surface area contributed by atoms with Crippen molar-refractivity contribution in [2.75, 3.05) is 4.90 Å². The first-order valence-electron chi connectivity index (χ1n) is 12.3. The summed E-state index contributed by atoms with van der Waals surface area (Å²) in [6.45, 7) is 0. The fourth-order valence-corrected chi connectivity index (χ4v) is 6.01. The van der Waals surface area contributed by atoms with E-state index in [0.29, 0.717) is 23.2 Å². The van der Waals surface area contributed by atoms with E-state index < -0.39 is 0 Å². The highest BCUT2D eigenvalue weighted by Crippen LogP contribution is 2.37. The van der Waals surface area contributed by atoms with Gasteiger partial charge in [0.1, 0.15) is 11.2 Å². The molecule has 1 aliphatic heterocycles. The molecule has 0 aromatic heterocycles. The predicted octanol–water partition coefficient (Wildman–Crippen LogP) is 6.92. The van der Waals surface area contributed by atoms with Crippen LogP contribution in [0.1, 0.15) is 64.2 Å². The summed E-state index contributed by atoms with van der Waals surface area (Å²) in [5.41, 5.74) is 3.61. The van der Waals surface area contributed by atoms with Crippen LogP contribution in [0.3, 0.4) is 0 Å². The maximum Gasteiger partial charge on any atom is 0.190 e. The first kappa shape index (κ1) is 19.8. The van der Waals surface area contributed by atoms with Crippen LogP contribution in [0.4, 0.5) is 5.69 Å². The second kappa shape index (κ2) is 8.23. The van der Waals surface area contributed by atoms with E-state index in [0.717, 1.165) is 22.2 Å². The molecule has 4 nitrogen and oxygen atoms in total. The van der Waals surface area contributed by atoms with Gasteiger partial charge in [-0.3, -0.25) is 4.79 Å². The van der Waals surface area contributed by atoms with Crippen LogP contribution in [0.5, 0.6) is 0 Å². The Morgan fingerprint density at radius 3 is 2.12 bits per heavy atom. The molecule has 3 aliphatic carbocycles. The van der Waals surface area contributed by atoms with Crippen LogP contribution in [0.25, 0.3) is 33.3 Å². The molecule has 0 bridgehead atoms. The highest BCUT2D eigenvalue weighted by Gasteiger charge is 2.29. The summed E-state index contributed by atoms with van der Waals surface area (Å²) in [7, 11) is 0. The van der Waals surface area contributed by atoms with Gasteiger partial charge in [0.15, 0.2) is 16.8 Å². The van der Waals surface area contributed by atoms with Crippen molar-refractivity contribution in [1.29, 1.82) is 0 Å². The molecule has 0 unspecified atom stereocenters. The maximum atomic E-state index is 12.6. The minimum atomic E-state index is -0.0137. The number of nitrogens with zero attached hydrogens (tertiary/aromatic N) is 2. The van der Waals surface area contributed by atoms with E-state index in [1.165, 1.54) is 69.9 Å². The van der Waals surface area contributed by atoms with Gasteiger partial charge in [-0.25, -0.2) is 4.98 Å². The summed E-state index contributed by atoms with van der Waals surface area (Å²) in [4.78, 5) is 20.3. The van der Waals surface area contributed by atoms with E-state index in [1.807, 2.05) is 24.3 Å². The van der Waals surface area contributed by atoms with Crippen molar-refractivity contribution >= 4 is 27.6 Å². The van der Waals surface area contributed by atoms with E-state index >= 15 is 0 Å². The Hall–Kier alpha value is -2.88. The highest BCUT2D eigenvalue weighted by atomic mass is 16.3. The van der Waals surface area contributed by atoms with Gasteiger partial charge in [0.25, 0.3) is 0 Å². The molecule has 164 valence electrons. The van der Waals surface area contributed by atoms with E-state index in [-0.39, 0.29) is 5.43 Å². The Bertz CT molecular complexity index is 1260. The molecule has 2 saturated carbocycles. The van der Waals surface area contributed by atoms with Crippen molar-refractivity contribution in [2.24, 2.45) is 0 Å². The van der Waals surface area contributed by atoms with Crippen molar-refractivity contribution in [3.05, 3.63) is 58.8 Å². The predicted molar refractivity (Wildman–Crippen MR) is 131 cm³/mol. The molecule has 2 aromatic carbocycles. The van der Waals surface area contributed by atoms with Crippen LogP contribution in [-0.2, 0) is 0 Å². The Labute approximate surface area is 188 Å². The summed E-state index contributed by atoms with van der Waals surface area (Å²) in [5, 5.41) is 1.55. The first-order valence-corrected chi connectivity index (χ1v) is 12.3. The largest absolute Gasteiger partial charge is 0.453 e. The molecular weight excluding hydrogens is 396 g/mol. The van der Waals surface area contributed by atoms with Crippen LogP contribution in [-0.4, -0.2) is 17.1 Å². The number of hydrogen-bond acceptors (Lipinski definition) is 4. The van der Waals surface area contributed by atoms with Gasteiger partial charge in [0.05, 0.1) is 0 Å². The Balaban J connectivity index is 1.48. The van der Waals surface area contributed by atoms with Crippen LogP contribution in [0.2, 0.25) is 0 Å². The average Bonchev–Trinajstić information content (AvgIpc) is 2.85. The van der Waals surface area contributed by atoms with Crippen LogP contribution in [0, 0.1) is 0 Å². The van der Waals surface area contributed by atoms with E-state index in [9.17, 15) is 4.79 Å². The fourth-order valence-electron chi connectivity index (χ4n) is 6.01. The van der Waals surface area contributed by atoms with E-state index in [1.54, 1.807) is 6.07 Å². The molecule has 0 amide bonds. The number of rotatable bonds is 3. The van der Waals surface area contributed by atoms with Crippen LogP contribution in [0.15, 0.2) is 57.7 Å². The third kappa shape index (κ3) is 3.46. The minimum absolute atomic E-state index is 0.0137. The normalized spacial score (nSPS) is 18.5. The molecule has 4 aliphatic rings. The van der Waals surface area contributed by atoms with Gasteiger partial charge in [0.2, 0.25) is 0 Å². The number of benzene rings is 3. The van der Waals surface area contributed by atoms with Crippen molar-refractivity contribution in [3.63, 3.8) is 0 Å².